The first-order valence-electron chi connectivity index (χ1n) is 15.3. The zero-order chi connectivity index (χ0) is 41.4. The van der Waals surface area contributed by atoms with Crippen LogP contribution in [0, 0.1) is 0 Å². The van der Waals surface area contributed by atoms with Gasteiger partial charge in [-0.2, -0.15) is 5.10 Å². The van der Waals surface area contributed by atoms with E-state index in [2.05, 4.69) is 36.1 Å². The summed E-state index contributed by atoms with van der Waals surface area (Å²) in [5, 5.41) is 20.4. The summed E-state index contributed by atoms with van der Waals surface area (Å²) in [6.07, 6.45) is 3.33. The fourth-order valence-electron chi connectivity index (χ4n) is 5.10. The molecular formula is C32H20ClKN8Na2O13S3. The number of ether oxygens (including phenoxy) is 1. The van der Waals surface area contributed by atoms with Crippen LogP contribution < -0.4 is 141 Å². The molecule has 0 fully saturated rings. The normalized spacial score (nSPS) is 13.1. The molecule has 3 aromatic carbocycles. The maximum absolute atomic E-state index is 13.6. The van der Waals surface area contributed by atoms with Gasteiger partial charge < -0.3 is 38.9 Å². The molecule has 0 spiro atoms. The standard InChI is InChI=1S/C32H23ClN8O13S3.K.2Na/c1-54-20-6-9-23(25(14-20)56(48,49)50)39-40-27-26(57(51,52)53)12-17-11-18(4-7-21(17)28(27)42)34-30-36-31(35-19-5-8-22(33)24(13-19)55(45,46)47)38-32(37-30)41-10-2-3-16(15-41)29(43)44;;;/h2-15H,1H3,(H6-,34,35,36,37,38,39,42,43,44,45,46,47,48,49,50,51,52,53);;;/q;3*+1/p-3. The van der Waals surface area contributed by atoms with Gasteiger partial charge in [-0.3, -0.25) is 10.2 Å². The Labute approximate surface area is 432 Å². The van der Waals surface area contributed by atoms with Crippen LogP contribution in [0.5, 0.6) is 5.75 Å². The van der Waals surface area contributed by atoms with E-state index in [1.165, 1.54) is 60.3 Å². The van der Waals surface area contributed by atoms with Crippen molar-refractivity contribution < 1.29 is 173 Å². The van der Waals surface area contributed by atoms with Crippen molar-refractivity contribution in [1.29, 1.82) is 0 Å². The summed E-state index contributed by atoms with van der Waals surface area (Å²) in [4.78, 5) is 35.1. The number of carbonyl (C=O) groups excluding carboxylic acids is 2. The number of fused-ring (bicyclic) bond motifs is 1. The Morgan fingerprint density at radius 3 is 2.02 bits per heavy atom. The van der Waals surface area contributed by atoms with Crippen molar-refractivity contribution in [3.05, 3.63) is 106 Å². The molecule has 0 atom stereocenters. The van der Waals surface area contributed by atoms with Gasteiger partial charge in [-0.05, 0) is 88.3 Å². The molecule has 60 heavy (non-hydrogen) atoms. The Morgan fingerprint density at radius 2 is 1.43 bits per heavy atom. The second kappa shape index (κ2) is 20.6. The number of hydrazone groups is 1. The number of ketones is 1. The van der Waals surface area contributed by atoms with E-state index in [1.54, 1.807) is 0 Å². The quantitative estimate of drug-likeness (QED) is 0.0453. The zero-order valence-electron chi connectivity index (χ0n) is 31.2. The minimum atomic E-state index is -5.43. The fraction of sp³-hybridized carbons (Fsp3) is 0.0312. The van der Waals surface area contributed by atoms with E-state index < -0.39 is 68.2 Å². The number of anilines is 5. The van der Waals surface area contributed by atoms with Crippen LogP contribution in [0.3, 0.4) is 0 Å². The third-order valence-corrected chi connectivity index (χ3v) is 10.7. The molecule has 3 N–H and O–H groups in total. The maximum Gasteiger partial charge on any atom is 1.00 e. The number of methoxy groups -OCH3 is 1. The van der Waals surface area contributed by atoms with Crippen LogP contribution in [0.25, 0.3) is 12.0 Å². The minimum absolute atomic E-state index is 0. The van der Waals surface area contributed by atoms with Gasteiger partial charge >= 0.3 is 128 Å². The van der Waals surface area contributed by atoms with Crippen molar-refractivity contribution in [3.8, 4) is 11.7 Å². The van der Waals surface area contributed by atoms with Crippen LogP contribution in [0.4, 0.5) is 29.0 Å². The van der Waals surface area contributed by atoms with E-state index in [-0.39, 0.29) is 167 Å². The SMILES string of the molecule is COc1ccc(NN=C2C(=O)c3ccc(Nc4nc(Nc5ccc(Cl)c(S(=O)(=O)[O-])c5)nc(-[n+]5cccc(C(=O)[O-])c5)n4)cc3C=C2S(=O)(=O)[O-])c(S(=O)(=O)[O-])c1.[K+].[Na+].[Na+]. The van der Waals surface area contributed by atoms with E-state index in [0.717, 1.165) is 36.5 Å². The summed E-state index contributed by atoms with van der Waals surface area (Å²) in [6.45, 7) is 0. The van der Waals surface area contributed by atoms with Crippen LogP contribution in [-0.4, -0.2) is 78.4 Å². The van der Waals surface area contributed by atoms with Crippen molar-refractivity contribution in [2.24, 2.45) is 5.10 Å². The molecule has 5 aromatic rings. The van der Waals surface area contributed by atoms with Gasteiger partial charge in [0.1, 0.15) is 41.8 Å². The number of allylic oxidation sites excluding steroid dienone is 1. The van der Waals surface area contributed by atoms with Gasteiger partial charge in [0.2, 0.25) is 5.78 Å². The van der Waals surface area contributed by atoms with Gasteiger partial charge in [0.15, 0.2) is 0 Å². The van der Waals surface area contributed by atoms with Crippen LogP contribution in [0.1, 0.15) is 26.3 Å². The molecule has 0 saturated heterocycles. The molecule has 1 aliphatic rings. The first-order valence-corrected chi connectivity index (χ1v) is 19.9. The van der Waals surface area contributed by atoms with E-state index in [4.69, 9.17) is 16.3 Å². The summed E-state index contributed by atoms with van der Waals surface area (Å²) in [5.41, 5.74) is 0.321. The molecule has 0 aliphatic heterocycles. The largest absolute Gasteiger partial charge is 1.00 e. The van der Waals surface area contributed by atoms with Gasteiger partial charge in [0, 0.05) is 22.5 Å². The molecule has 0 bridgehead atoms. The first kappa shape index (κ1) is 51.6. The van der Waals surface area contributed by atoms with Crippen LogP contribution in [-0.2, 0) is 30.4 Å². The van der Waals surface area contributed by atoms with E-state index >= 15 is 0 Å². The number of aromatic carboxylic acids is 1. The van der Waals surface area contributed by atoms with Crippen LogP contribution in [0.2, 0.25) is 5.02 Å². The number of nitrogens with zero attached hydrogens (tertiary/aromatic N) is 5. The smallest absolute Gasteiger partial charge is 0.744 e. The third kappa shape index (κ3) is 12.2. The van der Waals surface area contributed by atoms with E-state index in [1.807, 2.05) is 0 Å². The zero-order valence-corrected chi connectivity index (χ0v) is 41.6. The summed E-state index contributed by atoms with van der Waals surface area (Å²) in [7, 11) is -14.4. The monoisotopic (exact) mass is 940 g/mol. The van der Waals surface area contributed by atoms with E-state index in [9.17, 15) is 53.6 Å². The Morgan fingerprint density at radius 1 is 0.817 bits per heavy atom. The first-order chi connectivity index (χ1) is 26.7. The molecule has 0 unspecified atom stereocenters. The average Bonchev–Trinajstić information content (AvgIpc) is 3.13. The topological polar surface area (TPSA) is 329 Å². The number of carboxylic acid groups (broad SMARTS) is 1. The molecule has 21 nitrogen and oxygen atoms in total. The number of Topliss-reactive ketones (excluding diaryl/α,β-unsaturated/α-hetero) is 1. The Bertz CT molecular complexity index is 2950. The fourth-order valence-corrected chi connectivity index (χ4v) is 7.37. The number of hydrogen-bond donors (Lipinski definition) is 3. The molecule has 2 aromatic heterocycles. The van der Waals surface area contributed by atoms with Gasteiger partial charge in [-0.25, -0.2) is 29.8 Å². The Balaban J connectivity index is 0.00000320. The van der Waals surface area contributed by atoms with Crippen molar-refractivity contribution in [1.82, 2.24) is 15.0 Å². The number of hydrogen-bond acceptors (Lipinski definition) is 20. The van der Waals surface area contributed by atoms with Gasteiger partial charge in [-0.1, -0.05) is 11.6 Å². The summed E-state index contributed by atoms with van der Waals surface area (Å²) in [6, 6.07) is 12.9. The Hall–Kier alpha value is -2.77. The summed E-state index contributed by atoms with van der Waals surface area (Å²) >= 11 is 5.88. The van der Waals surface area contributed by atoms with Crippen molar-refractivity contribution in [3.63, 3.8) is 0 Å². The molecule has 294 valence electrons. The number of nitrogens with one attached hydrogen (secondary N) is 3. The molecule has 2 heterocycles. The number of benzene rings is 3. The van der Waals surface area contributed by atoms with Gasteiger partial charge in [0.25, 0.3) is 0 Å². The van der Waals surface area contributed by atoms with Crippen molar-refractivity contribution in [2.45, 2.75) is 9.79 Å². The minimum Gasteiger partial charge on any atom is -0.744 e. The number of pyridine rings is 1. The van der Waals surface area contributed by atoms with Crippen LogP contribution >= 0.6 is 11.6 Å². The number of carbonyl (C=O) groups is 2. The third-order valence-electron chi connectivity index (χ3n) is 7.65. The number of aromatic nitrogens is 4. The number of halogens is 1. The molecule has 0 saturated carbocycles. The molecule has 6 rings (SSSR count). The second-order valence-electron chi connectivity index (χ2n) is 11.4. The summed E-state index contributed by atoms with van der Waals surface area (Å²) < 4.78 is 114. The molecular weight excluding hydrogens is 921 g/mol. The van der Waals surface area contributed by atoms with Gasteiger partial charge in [0.05, 0.1) is 50.9 Å². The number of carboxylic acids is 1. The average molecular weight is 941 g/mol. The number of rotatable bonds is 12. The second-order valence-corrected chi connectivity index (χ2v) is 15.9. The summed E-state index contributed by atoms with van der Waals surface area (Å²) in [5.74, 6) is -3.39. The predicted octanol–water partition coefficient (Wildman–Crippen LogP) is -7.97. The van der Waals surface area contributed by atoms with Crippen molar-refractivity contribution >= 4 is 94.5 Å². The Kier molecular flexibility index (Phi) is 17.7. The molecule has 1 aliphatic carbocycles. The van der Waals surface area contributed by atoms with Crippen LogP contribution in [0.15, 0.2) is 98.9 Å². The van der Waals surface area contributed by atoms with Gasteiger partial charge in [-0.15, -0.1) is 4.98 Å². The molecule has 0 radical (unpaired) electrons. The molecule has 0 amide bonds. The molecule has 28 heteroatoms. The van der Waals surface area contributed by atoms with Crippen molar-refractivity contribution in [2.75, 3.05) is 23.2 Å². The van der Waals surface area contributed by atoms with E-state index in [0.29, 0.717) is 0 Å². The maximum atomic E-state index is 13.6. The predicted molar refractivity (Wildman–Crippen MR) is 192 cm³/mol.